The molecule has 0 aromatic heterocycles. The molecule has 0 aliphatic carbocycles. The number of aliphatic hydroxyl groups is 1. The van der Waals surface area contributed by atoms with Crippen molar-refractivity contribution in [3.63, 3.8) is 0 Å². The first-order valence-electron chi connectivity index (χ1n) is 4.91. The van der Waals surface area contributed by atoms with E-state index >= 15 is 0 Å². The molecule has 0 saturated carbocycles. The SMILES string of the molecule is O=C(Cc1ccccc1Cl)NCC(O)C(=O)O. The van der Waals surface area contributed by atoms with Gasteiger partial charge in [-0.2, -0.15) is 0 Å². The summed E-state index contributed by atoms with van der Waals surface area (Å²) in [4.78, 5) is 21.7. The Labute approximate surface area is 103 Å². The van der Waals surface area contributed by atoms with Gasteiger partial charge in [0.05, 0.1) is 13.0 Å². The highest BCUT2D eigenvalue weighted by Crippen LogP contribution is 2.15. The highest BCUT2D eigenvalue weighted by molar-refractivity contribution is 6.31. The summed E-state index contributed by atoms with van der Waals surface area (Å²) in [6.45, 7) is -0.321. The van der Waals surface area contributed by atoms with Gasteiger partial charge in [-0.05, 0) is 11.6 Å². The molecule has 1 atom stereocenters. The average molecular weight is 258 g/mol. The van der Waals surface area contributed by atoms with E-state index < -0.39 is 18.0 Å². The van der Waals surface area contributed by atoms with Crippen LogP contribution >= 0.6 is 11.6 Å². The average Bonchev–Trinajstić information content (AvgIpc) is 2.29. The fourth-order valence-electron chi connectivity index (χ4n) is 1.18. The Hall–Kier alpha value is -1.59. The van der Waals surface area contributed by atoms with Gasteiger partial charge in [0, 0.05) is 5.02 Å². The minimum Gasteiger partial charge on any atom is -0.479 e. The minimum atomic E-state index is -1.59. The van der Waals surface area contributed by atoms with Crippen LogP contribution in [-0.4, -0.2) is 34.7 Å². The number of carbonyl (C=O) groups is 2. The maximum atomic E-state index is 11.4. The Morgan fingerprint density at radius 3 is 2.59 bits per heavy atom. The van der Waals surface area contributed by atoms with Gasteiger partial charge in [-0.1, -0.05) is 29.8 Å². The van der Waals surface area contributed by atoms with Crippen molar-refractivity contribution in [1.29, 1.82) is 0 Å². The molecule has 92 valence electrons. The second-order valence-corrected chi connectivity index (χ2v) is 3.83. The first kappa shape index (κ1) is 13.5. The number of hydrogen-bond donors (Lipinski definition) is 3. The van der Waals surface area contributed by atoms with Gasteiger partial charge >= 0.3 is 5.97 Å². The third-order valence-electron chi connectivity index (χ3n) is 2.09. The lowest BCUT2D eigenvalue weighted by Gasteiger charge is -2.08. The van der Waals surface area contributed by atoms with Crippen molar-refractivity contribution in [2.75, 3.05) is 6.54 Å². The lowest BCUT2D eigenvalue weighted by molar-refractivity contribution is -0.146. The van der Waals surface area contributed by atoms with Gasteiger partial charge in [0.15, 0.2) is 6.10 Å². The number of benzene rings is 1. The second kappa shape index (κ2) is 6.22. The molecule has 1 aromatic carbocycles. The molecular formula is C11H12ClNO4. The van der Waals surface area contributed by atoms with Crippen molar-refractivity contribution in [1.82, 2.24) is 5.32 Å². The molecular weight excluding hydrogens is 246 g/mol. The standard InChI is InChI=1S/C11H12ClNO4/c12-8-4-2-1-3-7(8)5-10(15)13-6-9(14)11(16)17/h1-4,9,14H,5-6H2,(H,13,15)(H,16,17). The topological polar surface area (TPSA) is 86.6 Å². The number of rotatable bonds is 5. The summed E-state index contributed by atoms with van der Waals surface area (Å²) < 4.78 is 0. The summed E-state index contributed by atoms with van der Waals surface area (Å²) in [5.74, 6) is -1.76. The molecule has 0 saturated heterocycles. The predicted octanol–water partition coefficient (Wildman–Crippen LogP) is 0.444. The quantitative estimate of drug-likeness (QED) is 0.715. The molecule has 1 amide bonds. The number of aliphatic carboxylic acids is 1. The second-order valence-electron chi connectivity index (χ2n) is 3.43. The molecule has 6 heteroatoms. The number of hydrogen-bond acceptors (Lipinski definition) is 3. The summed E-state index contributed by atoms with van der Waals surface area (Å²) in [5, 5.41) is 20.1. The van der Waals surface area contributed by atoms with Crippen LogP contribution < -0.4 is 5.32 Å². The van der Waals surface area contributed by atoms with Crippen molar-refractivity contribution in [2.24, 2.45) is 0 Å². The maximum absolute atomic E-state index is 11.4. The number of carboxylic acids is 1. The molecule has 0 aliphatic heterocycles. The minimum absolute atomic E-state index is 0.0476. The van der Waals surface area contributed by atoms with Crippen LogP contribution in [0.15, 0.2) is 24.3 Å². The van der Waals surface area contributed by atoms with Crippen LogP contribution in [0.3, 0.4) is 0 Å². The van der Waals surface area contributed by atoms with Crippen LogP contribution in [0.4, 0.5) is 0 Å². The van der Waals surface area contributed by atoms with Crippen molar-refractivity contribution in [3.05, 3.63) is 34.9 Å². The fraction of sp³-hybridized carbons (Fsp3) is 0.273. The molecule has 0 bridgehead atoms. The summed E-state index contributed by atoms with van der Waals surface area (Å²) >= 11 is 5.86. The zero-order valence-electron chi connectivity index (χ0n) is 8.89. The Bertz CT molecular complexity index is 422. The van der Waals surface area contributed by atoms with Crippen LogP contribution in [0.25, 0.3) is 0 Å². The number of aliphatic hydroxyl groups excluding tert-OH is 1. The van der Waals surface area contributed by atoms with Gasteiger partial charge in [0.25, 0.3) is 0 Å². The molecule has 1 aromatic rings. The van der Waals surface area contributed by atoms with Crippen LogP contribution in [-0.2, 0) is 16.0 Å². The lowest BCUT2D eigenvalue weighted by Crippen LogP contribution is -2.37. The van der Waals surface area contributed by atoms with Crippen LogP contribution in [0.1, 0.15) is 5.56 Å². The molecule has 1 unspecified atom stereocenters. The summed E-state index contributed by atoms with van der Waals surface area (Å²) in [5.41, 5.74) is 0.650. The highest BCUT2D eigenvalue weighted by atomic mass is 35.5. The Kier molecular flexibility index (Phi) is 4.93. The van der Waals surface area contributed by atoms with E-state index in [-0.39, 0.29) is 13.0 Å². The van der Waals surface area contributed by atoms with Gasteiger partial charge in [-0.25, -0.2) is 4.79 Å². The molecule has 0 spiro atoms. The predicted molar refractivity (Wildman–Crippen MR) is 61.8 cm³/mol. The van der Waals surface area contributed by atoms with E-state index in [0.29, 0.717) is 10.6 Å². The smallest absolute Gasteiger partial charge is 0.334 e. The zero-order chi connectivity index (χ0) is 12.8. The van der Waals surface area contributed by atoms with E-state index in [2.05, 4.69) is 5.32 Å². The molecule has 0 fully saturated rings. The van der Waals surface area contributed by atoms with Gasteiger partial charge in [-0.3, -0.25) is 4.79 Å². The number of amides is 1. The van der Waals surface area contributed by atoms with E-state index in [4.69, 9.17) is 21.8 Å². The Morgan fingerprint density at radius 1 is 1.35 bits per heavy atom. The molecule has 0 heterocycles. The monoisotopic (exact) mass is 257 g/mol. The van der Waals surface area contributed by atoms with E-state index in [9.17, 15) is 9.59 Å². The number of nitrogens with one attached hydrogen (secondary N) is 1. The molecule has 0 aliphatic rings. The fourth-order valence-corrected chi connectivity index (χ4v) is 1.38. The van der Waals surface area contributed by atoms with Crippen molar-refractivity contribution >= 4 is 23.5 Å². The van der Waals surface area contributed by atoms with Crippen molar-refractivity contribution < 1.29 is 19.8 Å². The Morgan fingerprint density at radius 2 is 2.00 bits per heavy atom. The molecule has 1 rings (SSSR count). The van der Waals surface area contributed by atoms with Crippen molar-refractivity contribution in [3.8, 4) is 0 Å². The van der Waals surface area contributed by atoms with Gasteiger partial charge < -0.3 is 15.5 Å². The molecule has 0 radical (unpaired) electrons. The number of carbonyl (C=O) groups excluding carboxylic acids is 1. The van der Waals surface area contributed by atoms with E-state index in [1.165, 1.54) is 0 Å². The molecule has 17 heavy (non-hydrogen) atoms. The third kappa shape index (κ3) is 4.42. The van der Waals surface area contributed by atoms with Gasteiger partial charge in [-0.15, -0.1) is 0 Å². The summed E-state index contributed by atoms with van der Waals surface area (Å²) in [6.07, 6.45) is -1.54. The van der Waals surface area contributed by atoms with Crippen molar-refractivity contribution in [2.45, 2.75) is 12.5 Å². The maximum Gasteiger partial charge on any atom is 0.334 e. The molecule has 3 N–H and O–H groups in total. The van der Waals surface area contributed by atoms with Gasteiger partial charge in [0.2, 0.25) is 5.91 Å². The summed E-state index contributed by atoms with van der Waals surface area (Å²) in [6, 6.07) is 6.87. The Balaban J connectivity index is 2.46. The van der Waals surface area contributed by atoms with E-state index in [1.807, 2.05) is 0 Å². The summed E-state index contributed by atoms with van der Waals surface area (Å²) in [7, 11) is 0. The van der Waals surface area contributed by atoms with Crippen LogP contribution in [0.2, 0.25) is 5.02 Å². The lowest BCUT2D eigenvalue weighted by atomic mass is 10.1. The first-order valence-corrected chi connectivity index (χ1v) is 5.29. The van der Waals surface area contributed by atoms with E-state index in [0.717, 1.165) is 0 Å². The van der Waals surface area contributed by atoms with E-state index in [1.54, 1.807) is 24.3 Å². The first-order chi connectivity index (χ1) is 8.00. The van der Waals surface area contributed by atoms with Gasteiger partial charge in [0.1, 0.15) is 0 Å². The zero-order valence-corrected chi connectivity index (χ0v) is 9.65. The third-order valence-corrected chi connectivity index (χ3v) is 2.46. The number of halogens is 1. The highest BCUT2D eigenvalue weighted by Gasteiger charge is 2.14. The number of carboxylic acid groups (broad SMARTS) is 1. The largest absolute Gasteiger partial charge is 0.479 e. The molecule has 5 nitrogen and oxygen atoms in total. The van der Waals surface area contributed by atoms with Crippen LogP contribution in [0, 0.1) is 0 Å². The van der Waals surface area contributed by atoms with Crippen LogP contribution in [0.5, 0.6) is 0 Å². The normalized spacial score (nSPS) is 11.9.